The third-order valence-electron chi connectivity index (χ3n) is 2.76. The van der Waals surface area contributed by atoms with E-state index in [2.05, 4.69) is 20.6 Å². The van der Waals surface area contributed by atoms with E-state index in [0.717, 1.165) is 5.56 Å². The number of aliphatic imine (C=N–C) groups is 1. The SMILES string of the molecule is CCNC(=O)C(=N)c1sccc1/N=C/NCc1cccnc1. The van der Waals surface area contributed by atoms with Gasteiger partial charge in [-0.1, -0.05) is 6.07 Å². The monoisotopic (exact) mass is 315 g/mol. The molecule has 3 N–H and O–H groups in total. The summed E-state index contributed by atoms with van der Waals surface area (Å²) < 4.78 is 0. The van der Waals surface area contributed by atoms with Crippen LogP contribution < -0.4 is 10.6 Å². The molecular formula is C15H17N5OS. The van der Waals surface area contributed by atoms with Crippen molar-refractivity contribution in [2.45, 2.75) is 13.5 Å². The van der Waals surface area contributed by atoms with Gasteiger partial charge in [-0.3, -0.25) is 15.2 Å². The number of pyridine rings is 1. The van der Waals surface area contributed by atoms with Crippen LogP contribution in [0.4, 0.5) is 5.69 Å². The molecule has 0 bridgehead atoms. The van der Waals surface area contributed by atoms with Crippen LogP contribution in [0.3, 0.4) is 0 Å². The Morgan fingerprint density at radius 1 is 1.50 bits per heavy atom. The number of nitrogens with zero attached hydrogens (tertiary/aromatic N) is 2. The fourth-order valence-corrected chi connectivity index (χ4v) is 2.51. The highest BCUT2D eigenvalue weighted by molar-refractivity contribution is 7.13. The molecule has 114 valence electrons. The summed E-state index contributed by atoms with van der Waals surface area (Å²) >= 11 is 1.33. The lowest BCUT2D eigenvalue weighted by atomic mass is 10.2. The molecule has 2 aromatic rings. The fraction of sp³-hybridized carbons (Fsp3) is 0.200. The normalized spacial score (nSPS) is 10.6. The number of carbonyl (C=O) groups excluding carboxylic acids is 1. The molecule has 0 aliphatic rings. The van der Waals surface area contributed by atoms with Crippen molar-refractivity contribution in [2.75, 3.05) is 6.54 Å². The van der Waals surface area contributed by atoms with Crippen LogP contribution in [0.2, 0.25) is 0 Å². The van der Waals surface area contributed by atoms with Crippen molar-refractivity contribution in [1.82, 2.24) is 15.6 Å². The zero-order valence-corrected chi connectivity index (χ0v) is 13.0. The van der Waals surface area contributed by atoms with Gasteiger partial charge in [0.1, 0.15) is 5.71 Å². The maximum atomic E-state index is 11.7. The number of thiophene rings is 1. The number of hydrogen-bond acceptors (Lipinski definition) is 5. The molecule has 0 aliphatic carbocycles. The van der Waals surface area contributed by atoms with Crippen molar-refractivity contribution < 1.29 is 4.79 Å². The number of hydrogen-bond donors (Lipinski definition) is 3. The van der Waals surface area contributed by atoms with Crippen LogP contribution in [0, 0.1) is 5.41 Å². The molecule has 0 atom stereocenters. The van der Waals surface area contributed by atoms with Gasteiger partial charge in [0.05, 0.1) is 16.9 Å². The number of nitrogens with one attached hydrogen (secondary N) is 3. The standard InChI is InChI=1S/C15H17N5OS/c1-2-19-15(21)13(16)14-12(5-7-22-14)20-10-18-9-11-4-3-6-17-8-11/h3-8,10,16H,2,9H2,1H3,(H,18,20)(H,19,21). The van der Waals surface area contributed by atoms with Gasteiger partial charge in [0, 0.05) is 25.5 Å². The van der Waals surface area contributed by atoms with Crippen molar-refractivity contribution in [2.24, 2.45) is 4.99 Å². The quantitative estimate of drug-likeness (QED) is 0.540. The minimum absolute atomic E-state index is 0.0590. The first-order valence-corrected chi connectivity index (χ1v) is 7.69. The van der Waals surface area contributed by atoms with E-state index in [-0.39, 0.29) is 11.6 Å². The Balaban J connectivity index is 1.96. The number of likely N-dealkylation sites (N-methyl/N-ethyl adjacent to an activating group) is 1. The summed E-state index contributed by atoms with van der Waals surface area (Å²) in [4.78, 5) is 20.6. The predicted molar refractivity (Wildman–Crippen MR) is 89.1 cm³/mol. The molecule has 2 aromatic heterocycles. The van der Waals surface area contributed by atoms with E-state index in [0.29, 0.717) is 23.7 Å². The molecular weight excluding hydrogens is 298 g/mol. The van der Waals surface area contributed by atoms with Crippen molar-refractivity contribution >= 4 is 35.0 Å². The van der Waals surface area contributed by atoms with Crippen LogP contribution in [0.15, 0.2) is 41.0 Å². The molecule has 7 heteroatoms. The van der Waals surface area contributed by atoms with Crippen LogP contribution in [-0.4, -0.2) is 29.5 Å². The summed E-state index contributed by atoms with van der Waals surface area (Å²) in [5.41, 5.74) is 1.60. The van der Waals surface area contributed by atoms with Gasteiger partial charge in [0.2, 0.25) is 0 Å². The molecule has 0 saturated carbocycles. The third-order valence-corrected chi connectivity index (χ3v) is 3.68. The van der Waals surface area contributed by atoms with Gasteiger partial charge in [-0.05, 0) is 30.0 Å². The van der Waals surface area contributed by atoms with Crippen molar-refractivity contribution in [1.29, 1.82) is 5.41 Å². The Morgan fingerprint density at radius 3 is 3.09 bits per heavy atom. The highest BCUT2D eigenvalue weighted by Crippen LogP contribution is 2.25. The maximum Gasteiger partial charge on any atom is 0.270 e. The van der Waals surface area contributed by atoms with Crippen LogP contribution in [0.5, 0.6) is 0 Å². The summed E-state index contributed by atoms with van der Waals surface area (Å²) in [6, 6.07) is 5.63. The minimum atomic E-state index is -0.385. The molecule has 6 nitrogen and oxygen atoms in total. The van der Waals surface area contributed by atoms with Crippen LogP contribution >= 0.6 is 11.3 Å². The van der Waals surface area contributed by atoms with Gasteiger partial charge in [0.25, 0.3) is 5.91 Å². The summed E-state index contributed by atoms with van der Waals surface area (Å²) in [5, 5.41) is 15.4. The van der Waals surface area contributed by atoms with Gasteiger partial charge < -0.3 is 10.6 Å². The first-order chi connectivity index (χ1) is 10.7. The van der Waals surface area contributed by atoms with Crippen LogP contribution in [0.25, 0.3) is 0 Å². The van der Waals surface area contributed by atoms with Gasteiger partial charge >= 0.3 is 0 Å². The summed E-state index contributed by atoms with van der Waals surface area (Å²) in [7, 11) is 0. The second kappa shape index (κ2) is 8.04. The van der Waals surface area contributed by atoms with E-state index in [1.54, 1.807) is 24.8 Å². The largest absolute Gasteiger partial charge is 0.372 e. The molecule has 0 saturated heterocycles. The van der Waals surface area contributed by atoms with Gasteiger partial charge in [-0.2, -0.15) is 0 Å². The van der Waals surface area contributed by atoms with Crippen LogP contribution in [0.1, 0.15) is 17.4 Å². The second-order valence-electron chi connectivity index (χ2n) is 4.37. The van der Waals surface area contributed by atoms with E-state index in [9.17, 15) is 4.79 Å². The topological polar surface area (TPSA) is 90.2 Å². The first-order valence-electron chi connectivity index (χ1n) is 6.81. The summed E-state index contributed by atoms with van der Waals surface area (Å²) in [6.07, 6.45) is 5.08. The molecule has 1 amide bonds. The Hall–Kier alpha value is -2.54. The highest BCUT2D eigenvalue weighted by Gasteiger charge is 2.15. The molecule has 0 unspecified atom stereocenters. The third kappa shape index (κ3) is 4.23. The lowest BCUT2D eigenvalue weighted by molar-refractivity contribution is -0.114. The molecule has 22 heavy (non-hydrogen) atoms. The van der Waals surface area contributed by atoms with Crippen molar-refractivity contribution in [3.05, 3.63) is 46.4 Å². The first kappa shape index (κ1) is 15.8. The summed E-state index contributed by atoms with van der Waals surface area (Å²) in [6.45, 7) is 2.93. The van der Waals surface area contributed by atoms with Crippen molar-refractivity contribution in [3.63, 3.8) is 0 Å². The Labute approximate surface area is 132 Å². The highest BCUT2D eigenvalue weighted by atomic mass is 32.1. The zero-order chi connectivity index (χ0) is 15.8. The molecule has 2 rings (SSSR count). The second-order valence-corrected chi connectivity index (χ2v) is 5.29. The molecule has 2 heterocycles. The molecule has 0 radical (unpaired) electrons. The average Bonchev–Trinajstić information content (AvgIpc) is 3.00. The van der Waals surface area contributed by atoms with E-state index < -0.39 is 0 Å². The van der Waals surface area contributed by atoms with Crippen LogP contribution in [-0.2, 0) is 11.3 Å². The molecule has 0 spiro atoms. The van der Waals surface area contributed by atoms with Gasteiger partial charge in [-0.25, -0.2) is 4.99 Å². The maximum absolute atomic E-state index is 11.7. The Bertz CT molecular complexity index is 666. The number of aromatic nitrogens is 1. The van der Waals surface area contributed by atoms with Gasteiger partial charge in [0.15, 0.2) is 0 Å². The zero-order valence-electron chi connectivity index (χ0n) is 12.2. The molecule has 0 aromatic carbocycles. The number of rotatable bonds is 7. The van der Waals surface area contributed by atoms with E-state index >= 15 is 0 Å². The Morgan fingerprint density at radius 2 is 2.36 bits per heavy atom. The van der Waals surface area contributed by atoms with Crippen molar-refractivity contribution in [3.8, 4) is 0 Å². The minimum Gasteiger partial charge on any atom is -0.372 e. The average molecular weight is 315 g/mol. The van der Waals surface area contributed by atoms with E-state index in [4.69, 9.17) is 5.41 Å². The molecule has 0 aliphatic heterocycles. The predicted octanol–water partition coefficient (Wildman–Crippen LogP) is 2.10. The smallest absolute Gasteiger partial charge is 0.270 e. The lowest BCUT2D eigenvalue weighted by Crippen LogP contribution is -2.30. The number of amides is 1. The molecule has 0 fully saturated rings. The van der Waals surface area contributed by atoms with E-state index in [1.165, 1.54) is 11.3 Å². The van der Waals surface area contributed by atoms with Gasteiger partial charge in [-0.15, -0.1) is 11.3 Å². The Kier molecular flexibility index (Phi) is 5.79. The van der Waals surface area contributed by atoms with E-state index in [1.807, 2.05) is 24.4 Å². The summed E-state index contributed by atoms with van der Waals surface area (Å²) in [5.74, 6) is -0.385. The lowest BCUT2D eigenvalue weighted by Gasteiger charge is -2.03. The number of carbonyl (C=O) groups is 1. The fourth-order valence-electron chi connectivity index (χ4n) is 1.72.